The Bertz CT molecular complexity index is 162. The third-order valence-electron chi connectivity index (χ3n) is 1.00. The largest absolute Gasteiger partial charge is 0.369 e. The molecule has 0 aliphatic heterocycles. The standard InChI is InChI=1S/C6H12N2O4/c1-3(9)7-5(11)6(12)8-4(2)10/h5-6,11-12H,1-2H3,(H,7,9)(H,8,10)/t5-,6-/m0/s1. The van der Waals surface area contributed by atoms with Gasteiger partial charge in [-0.3, -0.25) is 9.59 Å². The van der Waals surface area contributed by atoms with Gasteiger partial charge < -0.3 is 20.8 Å². The first-order chi connectivity index (χ1) is 5.43. The molecule has 12 heavy (non-hydrogen) atoms. The van der Waals surface area contributed by atoms with Crippen LogP contribution in [0.3, 0.4) is 0 Å². The lowest BCUT2D eigenvalue weighted by Crippen LogP contribution is -2.50. The average Bonchev–Trinajstić information content (AvgIpc) is 1.84. The number of rotatable bonds is 3. The Morgan fingerprint density at radius 2 is 1.25 bits per heavy atom. The van der Waals surface area contributed by atoms with E-state index in [0.29, 0.717) is 0 Å². The molecule has 0 radical (unpaired) electrons. The molecule has 4 N–H and O–H groups in total. The summed E-state index contributed by atoms with van der Waals surface area (Å²) in [5.41, 5.74) is 0. The van der Waals surface area contributed by atoms with E-state index in [1.807, 2.05) is 10.6 Å². The lowest BCUT2D eigenvalue weighted by molar-refractivity contribution is -0.131. The van der Waals surface area contributed by atoms with Crippen LogP contribution in [0.1, 0.15) is 13.8 Å². The molecule has 0 bridgehead atoms. The second-order valence-electron chi connectivity index (χ2n) is 2.29. The van der Waals surface area contributed by atoms with Crippen molar-refractivity contribution in [3.8, 4) is 0 Å². The minimum atomic E-state index is -1.48. The molecule has 0 fully saturated rings. The lowest BCUT2D eigenvalue weighted by atomic mass is 10.4. The molecule has 0 spiro atoms. The van der Waals surface area contributed by atoms with Gasteiger partial charge in [0.05, 0.1) is 0 Å². The van der Waals surface area contributed by atoms with Gasteiger partial charge >= 0.3 is 0 Å². The molecule has 0 aromatic heterocycles. The minimum Gasteiger partial charge on any atom is -0.369 e. The molecule has 0 saturated carbocycles. The van der Waals surface area contributed by atoms with Crippen molar-refractivity contribution in [2.75, 3.05) is 0 Å². The fourth-order valence-electron chi connectivity index (χ4n) is 0.574. The third kappa shape index (κ3) is 4.64. The molecule has 0 aromatic rings. The summed E-state index contributed by atoms with van der Waals surface area (Å²) in [6, 6.07) is 0. The SMILES string of the molecule is CC(=O)N[C@@H](O)[C@H](O)NC(C)=O. The quantitative estimate of drug-likeness (QED) is 0.370. The first-order valence-electron chi connectivity index (χ1n) is 3.34. The van der Waals surface area contributed by atoms with E-state index in [4.69, 9.17) is 10.2 Å². The van der Waals surface area contributed by atoms with Crippen molar-refractivity contribution < 1.29 is 19.8 Å². The molecule has 2 amide bonds. The number of aliphatic hydroxyl groups is 2. The molecule has 0 aliphatic rings. The summed E-state index contributed by atoms with van der Waals surface area (Å²) >= 11 is 0. The highest BCUT2D eigenvalue weighted by Crippen LogP contribution is 1.84. The van der Waals surface area contributed by atoms with Crippen LogP contribution in [0.25, 0.3) is 0 Å². The Labute approximate surface area is 69.6 Å². The summed E-state index contributed by atoms with van der Waals surface area (Å²) in [6.07, 6.45) is -2.96. The molecule has 6 heteroatoms. The number of nitrogens with one attached hydrogen (secondary N) is 2. The van der Waals surface area contributed by atoms with E-state index in [1.54, 1.807) is 0 Å². The van der Waals surface area contributed by atoms with Crippen LogP contribution in [0.4, 0.5) is 0 Å². The van der Waals surface area contributed by atoms with Crippen molar-refractivity contribution in [3.63, 3.8) is 0 Å². The Morgan fingerprint density at radius 3 is 1.42 bits per heavy atom. The number of carbonyl (C=O) groups is 2. The summed E-state index contributed by atoms with van der Waals surface area (Å²) < 4.78 is 0. The van der Waals surface area contributed by atoms with Crippen molar-refractivity contribution in [1.82, 2.24) is 10.6 Å². The van der Waals surface area contributed by atoms with Gasteiger partial charge in [0.15, 0.2) is 12.5 Å². The second kappa shape index (κ2) is 4.68. The third-order valence-corrected chi connectivity index (χ3v) is 1.00. The smallest absolute Gasteiger partial charge is 0.218 e. The number of aliphatic hydroxyl groups excluding tert-OH is 2. The lowest BCUT2D eigenvalue weighted by Gasteiger charge is -2.18. The van der Waals surface area contributed by atoms with Crippen molar-refractivity contribution in [1.29, 1.82) is 0 Å². The summed E-state index contributed by atoms with van der Waals surface area (Å²) in [4.78, 5) is 20.7. The van der Waals surface area contributed by atoms with Crippen molar-refractivity contribution in [2.45, 2.75) is 26.3 Å². The Kier molecular flexibility index (Phi) is 4.24. The van der Waals surface area contributed by atoms with Crippen molar-refractivity contribution in [2.24, 2.45) is 0 Å². The van der Waals surface area contributed by atoms with E-state index in [9.17, 15) is 9.59 Å². The van der Waals surface area contributed by atoms with Crippen LogP contribution in [0.5, 0.6) is 0 Å². The van der Waals surface area contributed by atoms with Gasteiger partial charge in [0.25, 0.3) is 0 Å². The van der Waals surface area contributed by atoms with E-state index < -0.39 is 24.3 Å². The Morgan fingerprint density at radius 1 is 1.00 bits per heavy atom. The van der Waals surface area contributed by atoms with E-state index in [1.165, 1.54) is 13.8 Å². The predicted molar refractivity (Wildman–Crippen MR) is 39.6 cm³/mol. The zero-order valence-corrected chi connectivity index (χ0v) is 6.87. The van der Waals surface area contributed by atoms with Crippen LogP contribution < -0.4 is 10.6 Å². The first-order valence-corrected chi connectivity index (χ1v) is 3.34. The van der Waals surface area contributed by atoms with Gasteiger partial charge in [-0.15, -0.1) is 0 Å². The maximum atomic E-state index is 10.3. The molecular weight excluding hydrogens is 164 g/mol. The molecule has 6 nitrogen and oxygen atoms in total. The summed E-state index contributed by atoms with van der Waals surface area (Å²) in [5, 5.41) is 21.9. The fraction of sp³-hybridized carbons (Fsp3) is 0.667. The van der Waals surface area contributed by atoms with Crippen LogP contribution in [0, 0.1) is 0 Å². The van der Waals surface area contributed by atoms with E-state index >= 15 is 0 Å². The highest BCUT2D eigenvalue weighted by atomic mass is 16.4. The zero-order valence-electron chi connectivity index (χ0n) is 6.87. The number of hydrogen-bond acceptors (Lipinski definition) is 4. The average molecular weight is 176 g/mol. The zero-order chi connectivity index (χ0) is 9.72. The molecule has 0 saturated heterocycles. The monoisotopic (exact) mass is 176 g/mol. The van der Waals surface area contributed by atoms with Crippen molar-refractivity contribution >= 4 is 11.8 Å². The van der Waals surface area contributed by atoms with Gasteiger partial charge in [-0.25, -0.2) is 0 Å². The number of carbonyl (C=O) groups excluding carboxylic acids is 2. The van der Waals surface area contributed by atoms with Crippen LogP contribution in [0.15, 0.2) is 0 Å². The maximum absolute atomic E-state index is 10.3. The van der Waals surface area contributed by atoms with Gasteiger partial charge in [0.1, 0.15) is 0 Å². The van der Waals surface area contributed by atoms with E-state index in [-0.39, 0.29) is 0 Å². The van der Waals surface area contributed by atoms with Crippen molar-refractivity contribution in [3.05, 3.63) is 0 Å². The minimum absolute atomic E-state index is 0.494. The van der Waals surface area contributed by atoms with Gasteiger partial charge in [-0.05, 0) is 0 Å². The molecule has 2 atom stereocenters. The topological polar surface area (TPSA) is 98.7 Å². The highest BCUT2D eigenvalue weighted by molar-refractivity contribution is 5.74. The summed E-state index contributed by atoms with van der Waals surface area (Å²) in [6.45, 7) is 2.37. The molecule has 0 aromatic carbocycles. The first kappa shape index (κ1) is 10.9. The number of amides is 2. The maximum Gasteiger partial charge on any atom is 0.218 e. The molecule has 0 unspecified atom stereocenters. The van der Waals surface area contributed by atoms with E-state index in [2.05, 4.69) is 0 Å². The number of hydrogen-bond donors (Lipinski definition) is 4. The fourth-order valence-corrected chi connectivity index (χ4v) is 0.574. The molecule has 0 rings (SSSR count). The van der Waals surface area contributed by atoms with Gasteiger partial charge in [0, 0.05) is 13.8 Å². The van der Waals surface area contributed by atoms with Crippen LogP contribution >= 0.6 is 0 Å². The summed E-state index contributed by atoms with van der Waals surface area (Å²) in [7, 11) is 0. The van der Waals surface area contributed by atoms with Crippen LogP contribution in [-0.2, 0) is 9.59 Å². The molecule has 0 aliphatic carbocycles. The highest BCUT2D eigenvalue weighted by Gasteiger charge is 2.16. The molecule has 0 heterocycles. The normalized spacial score (nSPS) is 14.7. The van der Waals surface area contributed by atoms with Gasteiger partial charge in [-0.1, -0.05) is 0 Å². The second-order valence-corrected chi connectivity index (χ2v) is 2.29. The van der Waals surface area contributed by atoms with Gasteiger partial charge in [0.2, 0.25) is 11.8 Å². The van der Waals surface area contributed by atoms with Crippen LogP contribution in [0.2, 0.25) is 0 Å². The summed E-state index contributed by atoms with van der Waals surface area (Å²) in [5.74, 6) is -0.987. The molecule has 70 valence electrons. The van der Waals surface area contributed by atoms with E-state index in [0.717, 1.165) is 0 Å². The molecular formula is C6H12N2O4. The Hall–Kier alpha value is -1.14. The predicted octanol–water partition coefficient (Wildman–Crippen LogP) is -2.10. The Balaban J connectivity index is 3.83. The van der Waals surface area contributed by atoms with Crippen LogP contribution in [-0.4, -0.2) is 34.5 Å². The van der Waals surface area contributed by atoms with Gasteiger partial charge in [-0.2, -0.15) is 0 Å².